The number of ether oxygens (including phenoxy) is 2. The van der Waals surface area contributed by atoms with Gasteiger partial charge in [-0.2, -0.15) is 0 Å². The summed E-state index contributed by atoms with van der Waals surface area (Å²) < 4.78 is 10.4. The molecule has 0 N–H and O–H groups in total. The fourth-order valence-corrected chi connectivity index (χ4v) is 3.39. The van der Waals surface area contributed by atoms with Crippen molar-refractivity contribution in [2.45, 2.75) is 38.7 Å². The first-order valence-electron chi connectivity index (χ1n) is 8.62. The Morgan fingerprint density at radius 3 is 2.71 bits per heavy atom. The highest BCUT2D eigenvalue weighted by atomic mass is 16.6. The number of methoxy groups -OCH3 is 1. The van der Waals surface area contributed by atoms with Crippen molar-refractivity contribution in [1.82, 2.24) is 14.9 Å². The number of piperidine rings is 1. The molecule has 3 rings (SSSR count). The predicted molar refractivity (Wildman–Crippen MR) is 90.3 cm³/mol. The average Bonchev–Trinajstić information content (AvgIpc) is 2.91. The molecule has 2 aliphatic heterocycles. The molecule has 1 aromatic rings. The van der Waals surface area contributed by atoms with Gasteiger partial charge in [0, 0.05) is 31.3 Å². The van der Waals surface area contributed by atoms with Gasteiger partial charge in [0.2, 0.25) is 0 Å². The summed E-state index contributed by atoms with van der Waals surface area (Å²) in [6, 6.07) is 1.96. The number of aryl methyl sites for hydroxylation is 1. The van der Waals surface area contributed by atoms with Gasteiger partial charge in [0.05, 0.1) is 13.2 Å². The van der Waals surface area contributed by atoms with Crippen molar-refractivity contribution >= 4 is 11.9 Å². The molecular formula is C17H26N4O3. The highest BCUT2D eigenvalue weighted by Crippen LogP contribution is 2.29. The Bertz CT molecular complexity index is 587. The summed E-state index contributed by atoms with van der Waals surface area (Å²) in [4.78, 5) is 25.1. The summed E-state index contributed by atoms with van der Waals surface area (Å²) in [5, 5.41) is 0. The molecule has 7 heteroatoms. The second kappa shape index (κ2) is 7.44. The standard InChI is InChI=1S/C17H26N4O3/c1-12-11-21(17(22)24-12)16-10-15(18-13(2)19-16)14-4-6-20(7-5-14)8-9-23-3/h10,12,14H,4-9,11H2,1-3H3/t12-/m0/s1. The monoisotopic (exact) mass is 334 g/mol. The van der Waals surface area contributed by atoms with E-state index in [0.717, 1.165) is 44.8 Å². The number of nitrogens with zero attached hydrogens (tertiary/aromatic N) is 4. The minimum absolute atomic E-state index is 0.0970. The minimum atomic E-state index is -0.319. The van der Waals surface area contributed by atoms with Crippen LogP contribution in [0.4, 0.5) is 10.6 Å². The van der Waals surface area contributed by atoms with Crippen molar-refractivity contribution in [3.05, 3.63) is 17.6 Å². The summed E-state index contributed by atoms with van der Waals surface area (Å²) in [5.41, 5.74) is 1.04. The molecule has 132 valence electrons. The Balaban J connectivity index is 1.70. The van der Waals surface area contributed by atoms with Gasteiger partial charge in [0.25, 0.3) is 0 Å². The van der Waals surface area contributed by atoms with Gasteiger partial charge in [-0.05, 0) is 39.8 Å². The molecule has 1 amide bonds. The van der Waals surface area contributed by atoms with E-state index in [1.54, 1.807) is 12.0 Å². The number of carbonyl (C=O) groups excluding carboxylic acids is 1. The van der Waals surface area contributed by atoms with E-state index >= 15 is 0 Å². The van der Waals surface area contributed by atoms with Crippen LogP contribution in [0.2, 0.25) is 0 Å². The van der Waals surface area contributed by atoms with E-state index < -0.39 is 0 Å². The lowest BCUT2D eigenvalue weighted by Crippen LogP contribution is -2.35. The molecule has 0 saturated carbocycles. The maximum absolute atomic E-state index is 12.0. The molecule has 2 saturated heterocycles. The molecule has 0 bridgehead atoms. The third-order valence-electron chi connectivity index (χ3n) is 4.70. The highest BCUT2D eigenvalue weighted by molar-refractivity contribution is 5.88. The summed E-state index contributed by atoms with van der Waals surface area (Å²) in [6.07, 6.45) is 1.72. The van der Waals surface area contributed by atoms with Gasteiger partial charge in [0.15, 0.2) is 0 Å². The molecule has 2 aliphatic rings. The number of hydrogen-bond acceptors (Lipinski definition) is 6. The third-order valence-corrected chi connectivity index (χ3v) is 4.70. The first kappa shape index (κ1) is 17.1. The van der Waals surface area contributed by atoms with Crippen molar-refractivity contribution in [3.8, 4) is 0 Å². The lowest BCUT2D eigenvalue weighted by atomic mass is 9.93. The summed E-state index contributed by atoms with van der Waals surface area (Å²) >= 11 is 0. The number of cyclic esters (lactones) is 1. The van der Waals surface area contributed by atoms with Crippen LogP contribution >= 0.6 is 0 Å². The number of rotatable bonds is 5. The zero-order chi connectivity index (χ0) is 17.1. The Hall–Kier alpha value is -1.73. The molecule has 24 heavy (non-hydrogen) atoms. The van der Waals surface area contributed by atoms with E-state index in [0.29, 0.717) is 24.1 Å². The number of anilines is 1. The number of aromatic nitrogens is 2. The largest absolute Gasteiger partial charge is 0.444 e. The highest BCUT2D eigenvalue weighted by Gasteiger charge is 2.31. The first-order valence-corrected chi connectivity index (χ1v) is 8.62. The summed E-state index contributed by atoms with van der Waals surface area (Å²) in [7, 11) is 1.74. The van der Waals surface area contributed by atoms with Gasteiger partial charge in [0.1, 0.15) is 17.7 Å². The zero-order valence-corrected chi connectivity index (χ0v) is 14.7. The van der Waals surface area contributed by atoms with Crippen LogP contribution in [0.5, 0.6) is 0 Å². The third kappa shape index (κ3) is 3.84. The van der Waals surface area contributed by atoms with Gasteiger partial charge < -0.3 is 14.4 Å². The molecule has 0 spiro atoms. The fourth-order valence-electron chi connectivity index (χ4n) is 3.39. The number of carbonyl (C=O) groups is 1. The van der Waals surface area contributed by atoms with Crippen molar-refractivity contribution in [2.75, 3.05) is 44.8 Å². The Morgan fingerprint density at radius 2 is 2.08 bits per heavy atom. The molecule has 0 aromatic carbocycles. The van der Waals surface area contributed by atoms with E-state index in [1.807, 2.05) is 19.9 Å². The van der Waals surface area contributed by atoms with Gasteiger partial charge >= 0.3 is 6.09 Å². The molecule has 0 radical (unpaired) electrons. The maximum Gasteiger partial charge on any atom is 0.415 e. The normalized spacial score (nSPS) is 22.9. The lowest BCUT2D eigenvalue weighted by molar-refractivity contribution is 0.130. The van der Waals surface area contributed by atoms with Gasteiger partial charge in [-0.25, -0.2) is 14.8 Å². The molecule has 7 nitrogen and oxygen atoms in total. The van der Waals surface area contributed by atoms with E-state index in [4.69, 9.17) is 9.47 Å². The second-order valence-electron chi connectivity index (χ2n) is 6.61. The van der Waals surface area contributed by atoms with Crippen molar-refractivity contribution in [2.24, 2.45) is 0 Å². The topological polar surface area (TPSA) is 67.8 Å². The molecule has 0 aliphatic carbocycles. The molecule has 1 atom stereocenters. The molecule has 3 heterocycles. The lowest BCUT2D eigenvalue weighted by Gasteiger charge is -2.31. The number of amides is 1. The van der Waals surface area contributed by atoms with Crippen LogP contribution in [-0.2, 0) is 9.47 Å². The van der Waals surface area contributed by atoms with E-state index in [2.05, 4.69) is 14.9 Å². The molecule has 1 aromatic heterocycles. The minimum Gasteiger partial charge on any atom is -0.444 e. The number of hydrogen-bond donors (Lipinski definition) is 0. The van der Waals surface area contributed by atoms with Crippen molar-refractivity contribution in [1.29, 1.82) is 0 Å². The van der Waals surface area contributed by atoms with E-state index in [1.165, 1.54) is 0 Å². The van der Waals surface area contributed by atoms with Gasteiger partial charge in [-0.15, -0.1) is 0 Å². The van der Waals surface area contributed by atoms with Crippen LogP contribution in [0.25, 0.3) is 0 Å². The molecular weight excluding hydrogens is 308 g/mol. The van der Waals surface area contributed by atoms with E-state index in [-0.39, 0.29) is 12.2 Å². The average molecular weight is 334 g/mol. The van der Waals surface area contributed by atoms with Crippen molar-refractivity contribution < 1.29 is 14.3 Å². The molecule has 0 unspecified atom stereocenters. The summed E-state index contributed by atoms with van der Waals surface area (Å²) in [6.45, 7) is 8.17. The maximum atomic E-state index is 12.0. The Kier molecular flexibility index (Phi) is 5.30. The second-order valence-corrected chi connectivity index (χ2v) is 6.61. The van der Waals surface area contributed by atoms with Crippen LogP contribution in [0, 0.1) is 6.92 Å². The quantitative estimate of drug-likeness (QED) is 0.820. The van der Waals surface area contributed by atoms with Crippen LogP contribution in [0.1, 0.15) is 37.2 Å². The Morgan fingerprint density at radius 1 is 1.33 bits per heavy atom. The van der Waals surface area contributed by atoms with Crippen LogP contribution in [0.15, 0.2) is 6.07 Å². The number of likely N-dealkylation sites (tertiary alicyclic amines) is 1. The van der Waals surface area contributed by atoms with Gasteiger partial charge in [-0.3, -0.25) is 4.90 Å². The first-order chi connectivity index (χ1) is 11.6. The Labute approximate surface area is 143 Å². The SMILES string of the molecule is COCCN1CCC(c2cc(N3C[C@H](C)OC3=O)nc(C)n2)CC1. The molecule has 2 fully saturated rings. The predicted octanol–water partition coefficient (Wildman–Crippen LogP) is 1.96. The van der Waals surface area contributed by atoms with Crippen LogP contribution < -0.4 is 4.90 Å². The van der Waals surface area contributed by atoms with Crippen molar-refractivity contribution in [3.63, 3.8) is 0 Å². The summed E-state index contributed by atoms with van der Waals surface area (Å²) in [5.74, 6) is 1.78. The van der Waals surface area contributed by atoms with Gasteiger partial charge in [-0.1, -0.05) is 0 Å². The van der Waals surface area contributed by atoms with Crippen LogP contribution in [0.3, 0.4) is 0 Å². The smallest absolute Gasteiger partial charge is 0.415 e. The van der Waals surface area contributed by atoms with Crippen LogP contribution in [-0.4, -0.2) is 67.0 Å². The zero-order valence-electron chi connectivity index (χ0n) is 14.7. The fraction of sp³-hybridized carbons (Fsp3) is 0.706. The van der Waals surface area contributed by atoms with E-state index in [9.17, 15) is 4.79 Å².